The summed E-state index contributed by atoms with van der Waals surface area (Å²) in [4.78, 5) is 11.4. The number of morpholine rings is 1. The zero-order valence-electron chi connectivity index (χ0n) is 11.2. The van der Waals surface area contributed by atoms with Gasteiger partial charge in [-0.3, -0.25) is 0 Å². The summed E-state index contributed by atoms with van der Waals surface area (Å²) >= 11 is 0. The zero-order chi connectivity index (χ0) is 13.9. The maximum atomic E-state index is 12.5. The summed E-state index contributed by atoms with van der Waals surface area (Å²) in [6.45, 7) is 0.642. The molecule has 0 amide bonds. The second-order valence-corrected chi connectivity index (χ2v) is 7.26. The molecule has 0 radical (unpaired) electrons. The summed E-state index contributed by atoms with van der Waals surface area (Å²) in [6.07, 6.45) is 3.70. The van der Waals surface area contributed by atoms with E-state index in [0.717, 1.165) is 32.1 Å². The van der Waals surface area contributed by atoms with Crippen molar-refractivity contribution in [3.8, 4) is 0 Å². The Bertz CT molecular complexity index is 416. The van der Waals surface area contributed by atoms with Crippen LogP contribution >= 0.6 is 0 Å². The standard InChI is InChI=1S/C12H21NO5S/c1-17-12(14)11-9-13(7-8-18-11)19(15,16)10-5-3-2-4-6-10/h10-11H,2-9H2,1H3. The molecule has 1 heterocycles. The van der Waals surface area contributed by atoms with Crippen LogP contribution in [0.1, 0.15) is 32.1 Å². The van der Waals surface area contributed by atoms with Crippen molar-refractivity contribution in [1.29, 1.82) is 0 Å². The molecule has 0 aromatic carbocycles. The van der Waals surface area contributed by atoms with Crippen molar-refractivity contribution in [2.75, 3.05) is 26.8 Å². The quantitative estimate of drug-likeness (QED) is 0.709. The molecule has 6 nitrogen and oxygen atoms in total. The van der Waals surface area contributed by atoms with Gasteiger partial charge >= 0.3 is 5.97 Å². The maximum Gasteiger partial charge on any atom is 0.336 e. The second-order valence-electron chi connectivity index (χ2n) is 5.05. The molecule has 2 aliphatic rings. The highest BCUT2D eigenvalue weighted by molar-refractivity contribution is 7.89. The predicted octanol–water partition coefficient (Wildman–Crippen LogP) is 0.523. The number of carbonyl (C=O) groups excluding carboxylic acids is 1. The van der Waals surface area contributed by atoms with Crippen LogP contribution < -0.4 is 0 Å². The Hall–Kier alpha value is -0.660. The van der Waals surface area contributed by atoms with Crippen molar-refractivity contribution in [2.45, 2.75) is 43.5 Å². The molecule has 1 saturated carbocycles. The van der Waals surface area contributed by atoms with Crippen molar-refractivity contribution in [2.24, 2.45) is 0 Å². The Labute approximate surface area is 114 Å². The summed E-state index contributed by atoms with van der Waals surface area (Å²) < 4.78 is 36.3. The van der Waals surface area contributed by atoms with E-state index in [0.29, 0.717) is 6.54 Å². The number of hydrogen-bond acceptors (Lipinski definition) is 5. The van der Waals surface area contributed by atoms with E-state index in [1.54, 1.807) is 0 Å². The van der Waals surface area contributed by atoms with Gasteiger partial charge in [-0.15, -0.1) is 0 Å². The molecule has 2 rings (SSSR count). The van der Waals surface area contributed by atoms with Crippen LogP contribution in [0, 0.1) is 0 Å². The lowest BCUT2D eigenvalue weighted by Crippen LogP contribution is -2.51. The molecule has 0 spiro atoms. The van der Waals surface area contributed by atoms with Crippen molar-refractivity contribution < 1.29 is 22.7 Å². The Morgan fingerprint density at radius 3 is 2.58 bits per heavy atom. The minimum Gasteiger partial charge on any atom is -0.467 e. The van der Waals surface area contributed by atoms with Crippen LogP contribution in [0.3, 0.4) is 0 Å². The summed E-state index contributed by atoms with van der Waals surface area (Å²) in [7, 11) is -2.04. The normalized spacial score (nSPS) is 27.1. The highest BCUT2D eigenvalue weighted by atomic mass is 32.2. The van der Waals surface area contributed by atoms with Gasteiger partial charge in [0.1, 0.15) is 0 Å². The number of nitrogens with zero attached hydrogens (tertiary/aromatic N) is 1. The first-order valence-corrected chi connectivity index (χ1v) is 8.24. The maximum absolute atomic E-state index is 12.5. The van der Waals surface area contributed by atoms with Crippen LogP contribution in [0.2, 0.25) is 0 Å². The molecular formula is C12H21NO5S. The van der Waals surface area contributed by atoms with Crippen molar-refractivity contribution >= 4 is 16.0 Å². The number of rotatable bonds is 3. The number of carbonyl (C=O) groups is 1. The number of ether oxygens (including phenoxy) is 2. The lowest BCUT2D eigenvalue weighted by molar-refractivity contribution is -0.157. The fourth-order valence-electron chi connectivity index (χ4n) is 2.70. The SMILES string of the molecule is COC(=O)C1CN(S(=O)(=O)C2CCCCC2)CCO1. The molecule has 110 valence electrons. The van der Waals surface area contributed by atoms with Crippen molar-refractivity contribution in [3.05, 3.63) is 0 Å². The molecule has 19 heavy (non-hydrogen) atoms. The van der Waals surface area contributed by atoms with Crippen LogP contribution in [0.4, 0.5) is 0 Å². The summed E-state index contributed by atoms with van der Waals surface area (Å²) in [5.74, 6) is -0.511. The summed E-state index contributed by atoms with van der Waals surface area (Å²) in [5, 5.41) is -0.294. The highest BCUT2D eigenvalue weighted by Gasteiger charge is 2.38. The molecule has 7 heteroatoms. The van der Waals surface area contributed by atoms with Gasteiger partial charge in [-0.2, -0.15) is 4.31 Å². The molecule has 1 atom stereocenters. The topological polar surface area (TPSA) is 72.9 Å². The number of hydrogen-bond donors (Lipinski definition) is 0. The van der Waals surface area contributed by atoms with E-state index in [4.69, 9.17) is 4.74 Å². The Morgan fingerprint density at radius 2 is 1.95 bits per heavy atom. The molecule has 0 bridgehead atoms. The van der Waals surface area contributed by atoms with Crippen molar-refractivity contribution in [1.82, 2.24) is 4.31 Å². The minimum absolute atomic E-state index is 0.0749. The van der Waals surface area contributed by atoms with Gasteiger partial charge in [-0.1, -0.05) is 19.3 Å². The summed E-state index contributed by atoms with van der Waals surface area (Å²) in [5.41, 5.74) is 0. The van der Waals surface area contributed by atoms with Crippen LogP contribution in [0.5, 0.6) is 0 Å². The molecular weight excluding hydrogens is 270 g/mol. The molecule has 2 fully saturated rings. The lowest BCUT2D eigenvalue weighted by atomic mass is 10.0. The van der Waals surface area contributed by atoms with Gasteiger partial charge in [0.25, 0.3) is 0 Å². The average molecular weight is 291 g/mol. The van der Waals surface area contributed by atoms with Crippen LogP contribution in [0.25, 0.3) is 0 Å². The molecule has 1 aliphatic heterocycles. The van der Waals surface area contributed by atoms with E-state index in [9.17, 15) is 13.2 Å². The first-order valence-electron chi connectivity index (χ1n) is 6.74. The highest BCUT2D eigenvalue weighted by Crippen LogP contribution is 2.27. The van der Waals surface area contributed by atoms with E-state index in [1.165, 1.54) is 11.4 Å². The smallest absolute Gasteiger partial charge is 0.336 e. The van der Waals surface area contributed by atoms with E-state index in [1.807, 2.05) is 0 Å². The summed E-state index contributed by atoms with van der Waals surface area (Å²) in [6, 6.07) is 0. The first-order chi connectivity index (χ1) is 9.05. The van der Waals surface area contributed by atoms with Crippen LogP contribution in [-0.4, -0.2) is 56.9 Å². The van der Waals surface area contributed by atoms with E-state index >= 15 is 0 Å². The molecule has 1 saturated heterocycles. The monoisotopic (exact) mass is 291 g/mol. The van der Waals surface area contributed by atoms with Crippen molar-refractivity contribution in [3.63, 3.8) is 0 Å². The number of methoxy groups -OCH3 is 1. The average Bonchev–Trinajstić information content (AvgIpc) is 2.47. The van der Waals surface area contributed by atoms with Gasteiger partial charge < -0.3 is 9.47 Å². The number of esters is 1. The molecule has 1 aliphatic carbocycles. The molecule has 1 unspecified atom stereocenters. The Morgan fingerprint density at radius 1 is 1.26 bits per heavy atom. The number of sulfonamides is 1. The third kappa shape index (κ3) is 3.27. The Kier molecular flexibility index (Phi) is 4.81. The molecule has 0 N–H and O–H groups in total. The van der Waals surface area contributed by atoms with Gasteiger partial charge in [0.05, 0.1) is 25.5 Å². The van der Waals surface area contributed by atoms with E-state index in [2.05, 4.69) is 4.74 Å². The fraction of sp³-hybridized carbons (Fsp3) is 0.917. The second kappa shape index (κ2) is 6.19. The Balaban J connectivity index is 2.05. The van der Waals surface area contributed by atoms with E-state index in [-0.39, 0.29) is 18.4 Å². The first kappa shape index (κ1) is 14.7. The van der Waals surface area contributed by atoms with Crippen LogP contribution in [-0.2, 0) is 24.3 Å². The van der Waals surface area contributed by atoms with Crippen LogP contribution in [0.15, 0.2) is 0 Å². The third-order valence-electron chi connectivity index (χ3n) is 3.83. The largest absolute Gasteiger partial charge is 0.467 e. The van der Waals surface area contributed by atoms with Gasteiger partial charge in [0.15, 0.2) is 6.10 Å². The molecule has 0 aromatic rings. The molecule has 0 aromatic heterocycles. The fourth-order valence-corrected chi connectivity index (χ4v) is 4.73. The van der Waals surface area contributed by atoms with E-state index < -0.39 is 22.1 Å². The van der Waals surface area contributed by atoms with Gasteiger partial charge in [0, 0.05) is 6.54 Å². The third-order valence-corrected chi connectivity index (χ3v) is 6.19. The van der Waals surface area contributed by atoms with Gasteiger partial charge in [-0.05, 0) is 12.8 Å². The van der Waals surface area contributed by atoms with Gasteiger partial charge in [0.2, 0.25) is 10.0 Å². The van der Waals surface area contributed by atoms with Gasteiger partial charge in [-0.25, -0.2) is 13.2 Å². The minimum atomic E-state index is -3.31. The predicted molar refractivity (Wildman–Crippen MR) is 69.1 cm³/mol. The lowest BCUT2D eigenvalue weighted by Gasteiger charge is -2.34. The zero-order valence-corrected chi connectivity index (χ0v) is 12.0.